The molecular weight excluding hydrogens is 332 g/mol. The summed E-state index contributed by atoms with van der Waals surface area (Å²) >= 11 is 0. The van der Waals surface area contributed by atoms with Gasteiger partial charge in [-0.3, -0.25) is 4.79 Å². The summed E-state index contributed by atoms with van der Waals surface area (Å²) in [7, 11) is 0. The second kappa shape index (κ2) is 9.08. The molecule has 2 atom stereocenters. The molecule has 0 fully saturated rings. The molecule has 5 nitrogen and oxygen atoms in total. The van der Waals surface area contributed by atoms with Crippen LogP contribution in [0.3, 0.4) is 0 Å². The fourth-order valence-corrected chi connectivity index (χ4v) is 2.79. The van der Waals surface area contributed by atoms with Crippen LogP contribution in [0.5, 0.6) is 17.2 Å². The maximum absolute atomic E-state index is 12.4. The van der Waals surface area contributed by atoms with Crippen LogP contribution < -0.4 is 0 Å². The zero-order valence-electron chi connectivity index (χ0n) is 16.5. The lowest BCUT2D eigenvalue weighted by atomic mass is 9.89. The van der Waals surface area contributed by atoms with Gasteiger partial charge in [-0.05, 0) is 52.9 Å². The van der Waals surface area contributed by atoms with E-state index in [0.29, 0.717) is 19.3 Å². The summed E-state index contributed by atoms with van der Waals surface area (Å²) in [5.41, 5.74) is 0.236. The zero-order valence-corrected chi connectivity index (χ0v) is 16.5. The van der Waals surface area contributed by atoms with Gasteiger partial charge in [-0.1, -0.05) is 25.5 Å². The third-order valence-corrected chi connectivity index (χ3v) is 4.82. The van der Waals surface area contributed by atoms with Crippen molar-refractivity contribution >= 4 is 5.78 Å². The number of aromatic hydroxyl groups is 3. The van der Waals surface area contributed by atoms with E-state index in [1.165, 1.54) is 5.57 Å². The molecule has 0 saturated heterocycles. The Bertz CT molecular complexity index is 669. The third-order valence-electron chi connectivity index (χ3n) is 4.82. The van der Waals surface area contributed by atoms with Gasteiger partial charge in [-0.15, -0.1) is 0 Å². The molecule has 0 aromatic heterocycles. The van der Waals surface area contributed by atoms with Gasteiger partial charge in [0.25, 0.3) is 0 Å². The third kappa shape index (κ3) is 5.77. The van der Waals surface area contributed by atoms with E-state index in [4.69, 9.17) is 0 Å². The lowest BCUT2D eigenvalue weighted by Gasteiger charge is -2.23. The van der Waals surface area contributed by atoms with Gasteiger partial charge in [-0.2, -0.15) is 0 Å². The van der Waals surface area contributed by atoms with Gasteiger partial charge in [0, 0.05) is 17.5 Å². The highest BCUT2D eigenvalue weighted by Crippen LogP contribution is 2.40. The lowest BCUT2D eigenvalue weighted by molar-refractivity contribution is 0.0430. The maximum Gasteiger partial charge on any atom is 0.173 e. The van der Waals surface area contributed by atoms with Crippen molar-refractivity contribution in [2.45, 2.75) is 72.3 Å². The first-order chi connectivity index (χ1) is 12.0. The zero-order chi connectivity index (χ0) is 20.1. The topological polar surface area (TPSA) is 98.0 Å². The van der Waals surface area contributed by atoms with E-state index in [2.05, 4.69) is 0 Å². The standard InChI is InChI=1S/C21H32O5/c1-6-14(4)19(24)18-17(23)12-16(22)15(20(18)25)9-11-21(5,26)10-7-8-13(2)3/h8,12,14,22-23,25-26H,6-7,9-11H2,1-5H3/t14-,21?/m0/s1. The van der Waals surface area contributed by atoms with Crippen molar-refractivity contribution in [1.82, 2.24) is 0 Å². The Morgan fingerprint density at radius 3 is 2.35 bits per heavy atom. The average Bonchev–Trinajstić information content (AvgIpc) is 2.52. The number of rotatable bonds is 9. The molecule has 1 aromatic rings. The summed E-state index contributed by atoms with van der Waals surface area (Å²) in [6.45, 7) is 9.28. The maximum atomic E-state index is 12.4. The van der Waals surface area contributed by atoms with Crippen molar-refractivity contribution in [3.8, 4) is 17.2 Å². The molecule has 0 saturated carbocycles. The van der Waals surface area contributed by atoms with E-state index >= 15 is 0 Å². The number of hydrogen-bond acceptors (Lipinski definition) is 5. The molecule has 1 aromatic carbocycles. The highest BCUT2D eigenvalue weighted by Gasteiger charge is 2.27. The molecular formula is C21H32O5. The Morgan fingerprint density at radius 1 is 1.19 bits per heavy atom. The van der Waals surface area contributed by atoms with Gasteiger partial charge in [0.15, 0.2) is 5.78 Å². The first-order valence-corrected chi connectivity index (χ1v) is 9.16. The Kier molecular flexibility index (Phi) is 7.69. The van der Waals surface area contributed by atoms with E-state index < -0.39 is 17.1 Å². The van der Waals surface area contributed by atoms with Gasteiger partial charge in [0.05, 0.1) is 5.60 Å². The van der Waals surface area contributed by atoms with E-state index in [9.17, 15) is 25.2 Å². The Hall–Kier alpha value is -2.01. The predicted molar refractivity (Wildman–Crippen MR) is 103 cm³/mol. The van der Waals surface area contributed by atoms with Gasteiger partial charge >= 0.3 is 0 Å². The number of benzene rings is 1. The molecule has 4 N–H and O–H groups in total. The summed E-state index contributed by atoms with van der Waals surface area (Å²) in [5, 5.41) is 41.1. The molecule has 1 unspecified atom stereocenters. The van der Waals surface area contributed by atoms with Crippen LogP contribution >= 0.6 is 0 Å². The number of Topliss-reactive ketones (excluding diaryl/α,β-unsaturated/α-hetero) is 1. The molecule has 0 heterocycles. The van der Waals surface area contributed by atoms with E-state index in [1.807, 2.05) is 26.8 Å². The first kappa shape index (κ1) is 22.0. The van der Waals surface area contributed by atoms with Crippen molar-refractivity contribution in [2.24, 2.45) is 5.92 Å². The summed E-state index contributed by atoms with van der Waals surface area (Å²) < 4.78 is 0. The van der Waals surface area contributed by atoms with Crippen molar-refractivity contribution in [1.29, 1.82) is 0 Å². The molecule has 146 valence electrons. The SMILES string of the molecule is CC[C@H](C)C(=O)c1c(O)cc(O)c(CCC(C)(O)CCC=C(C)C)c1O. The van der Waals surface area contributed by atoms with Gasteiger partial charge in [-0.25, -0.2) is 0 Å². The van der Waals surface area contributed by atoms with Crippen LogP contribution in [0.4, 0.5) is 0 Å². The van der Waals surface area contributed by atoms with Gasteiger partial charge in [0.2, 0.25) is 0 Å². The lowest BCUT2D eigenvalue weighted by Crippen LogP contribution is -2.24. The smallest absolute Gasteiger partial charge is 0.173 e. The molecule has 0 spiro atoms. The minimum atomic E-state index is -0.969. The van der Waals surface area contributed by atoms with Crippen molar-refractivity contribution < 1.29 is 25.2 Å². The van der Waals surface area contributed by atoms with Crippen LogP contribution in [-0.2, 0) is 6.42 Å². The van der Waals surface area contributed by atoms with Gasteiger partial charge in [0.1, 0.15) is 22.8 Å². The van der Waals surface area contributed by atoms with Crippen molar-refractivity contribution in [2.75, 3.05) is 0 Å². The molecule has 0 aliphatic rings. The molecule has 5 heteroatoms. The number of hydrogen-bond donors (Lipinski definition) is 4. The van der Waals surface area contributed by atoms with Crippen LogP contribution in [0.25, 0.3) is 0 Å². The number of carbonyl (C=O) groups excluding carboxylic acids is 1. The fourth-order valence-electron chi connectivity index (χ4n) is 2.79. The summed E-state index contributed by atoms with van der Waals surface area (Å²) in [5.74, 6) is -1.81. The summed E-state index contributed by atoms with van der Waals surface area (Å²) in [6.07, 6.45) is 4.42. The van der Waals surface area contributed by atoms with E-state index in [1.54, 1.807) is 13.8 Å². The van der Waals surface area contributed by atoms with Crippen LogP contribution in [0.2, 0.25) is 0 Å². The van der Waals surface area contributed by atoms with Crippen LogP contribution in [0.1, 0.15) is 76.2 Å². The van der Waals surface area contributed by atoms with E-state index in [-0.39, 0.29) is 35.0 Å². The largest absolute Gasteiger partial charge is 0.507 e. The first-order valence-electron chi connectivity index (χ1n) is 9.16. The number of ketones is 1. The Balaban J connectivity index is 3.03. The van der Waals surface area contributed by atoms with Crippen LogP contribution in [0, 0.1) is 5.92 Å². The Morgan fingerprint density at radius 2 is 1.81 bits per heavy atom. The number of aliphatic hydroxyl groups is 1. The van der Waals surface area contributed by atoms with Crippen LogP contribution in [0.15, 0.2) is 17.7 Å². The summed E-state index contributed by atoms with van der Waals surface area (Å²) in [4.78, 5) is 12.4. The molecule has 26 heavy (non-hydrogen) atoms. The molecule has 0 aliphatic heterocycles. The Labute approximate surface area is 156 Å². The average molecular weight is 364 g/mol. The second-order valence-corrected chi connectivity index (χ2v) is 7.61. The minimum absolute atomic E-state index is 0.156. The van der Waals surface area contributed by atoms with E-state index in [0.717, 1.165) is 12.5 Å². The second-order valence-electron chi connectivity index (χ2n) is 7.61. The van der Waals surface area contributed by atoms with Crippen molar-refractivity contribution in [3.63, 3.8) is 0 Å². The monoisotopic (exact) mass is 364 g/mol. The quantitative estimate of drug-likeness (QED) is 0.383. The molecule has 0 aliphatic carbocycles. The van der Waals surface area contributed by atoms with Gasteiger partial charge < -0.3 is 20.4 Å². The molecule has 0 amide bonds. The number of phenols is 3. The number of carbonyl (C=O) groups is 1. The highest BCUT2D eigenvalue weighted by molar-refractivity contribution is 6.03. The fraction of sp³-hybridized carbons (Fsp3) is 0.571. The molecule has 1 rings (SSSR count). The predicted octanol–water partition coefficient (Wildman–Crippen LogP) is 4.46. The number of allylic oxidation sites excluding steroid dienone is 2. The van der Waals surface area contributed by atoms with Crippen LogP contribution in [-0.4, -0.2) is 31.8 Å². The molecule has 0 bridgehead atoms. The minimum Gasteiger partial charge on any atom is -0.507 e. The van der Waals surface area contributed by atoms with Crippen molar-refractivity contribution in [3.05, 3.63) is 28.8 Å². The molecule has 0 radical (unpaired) electrons. The number of phenolic OH excluding ortho intramolecular Hbond substituents is 3. The summed E-state index contributed by atoms with van der Waals surface area (Å²) in [6, 6.07) is 1.09. The highest BCUT2D eigenvalue weighted by atomic mass is 16.3. The normalized spacial score (nSPS) is 14.5.